The van der Waals surface area contributed by atoms with E-state index in [1.54, 1.807) is 0 Å². The molecule has 0 fully saturated rings. The second kappa shape index (κ2) is 6.79. The second-order valence-corrected chi connectivity index (χ2v) is 2.99. The quantitative estimate of drug-likeness (QED) is 0.128. The van der Waals surface area contributed by atoms with Gasteiger partial charge in [0.05, 0.1) is 11.5 Å². The lowest BCUT2D eigenvalue weighted by atomic mass is 10.3. The molecular formula is C3H10NO9P. The molecule has 2 atom stereocenters. The molecule has 0 aliphatic heterocycles. The molecule has 0 saturated heterocycles. The molecule has 0 aromatic carbocycles. The van der Waals surface area contributed by atoms with Crippen LogP contribution in [0.3, 0.4) is 0 Å². The van der Waals surface area contributed by atoms with Crippen LogP contribution < -0.4 is 0 Å². The van der Waals surface area contributed by atoms with Crippen molar-refractivity contribution >= 4 is 7.82 Å². The van der Waals surface area contributed by atoms with Gasteiger partial charge in [0, 0.05) is 0 Å². The summed E-state index contributed by atoms with van der Waals surface area (Å²) in [5, 5.41) is 34.3. The highest BCUT2D eigenvalue weighted by atomic mass is 31.2. The minimum Gasteiger partial charge on any atom is -0.393 e. The van der Waals surface area contributed by atoms with E-state index in [9.17, 15) is 10.1 Å². The zero-order chi connectivity index (χ0) is 11.9. The van der Waals surface area contributed by atoms with Gasteiger partial charge in [-0.25, -0.2) is 4.57 Å². The summed E-state index contributed by atoms with van der Waals surface area (Å²) >= 11 is 0. The highest BCUT2D eigenvalue weighted by molar-refractivity contribution is 7.45. The van der Waals surface area contributed by atoms with E-state index >= 15 is 0 Å². The Hall–Kier alpha value is -0.610. The van der Waals surface area contributed by atoms with Crippen molar-refractivity contribution in [2.75, 3.05) is 6.61 Å². The number of rotatable bonds is 3. The first-order chi connectivity index (χ1) is 6.09. The van der Waals surface area contributed by atoms with E-state index in [0.29, 0.717) is 0 Å². The van der Waals surface area contributed by atoms with E-state index in [2.05, 4.69) is 0 Å². The molecule has 0 rings (SSSR count). The minimum absolute atomic E-state index is 0.817. The van der Waals surface area contributed by atoms with Gasteiger partial charge in [-0.3, -0.25) is 10.1 Å². The third-order valence-corrected chi connectivity index (χ3v) is 0.747. The molecule has 10 nitrogen and oxygen atoms in total. The van der Waals surface area contributed by atoms with Crippen molar-refractivity contribution in [2.24, 2.45) is 0 Å². The molecule has 0 bridgehead atoms. The standard InChI is InChI=1S/C3H7NO5.H3O4P/c5-1-2(6)3(7)4(8)9;1-5(2,3)4/h2-3,5-7H,1H2;(H3,1,2,3,4). The Morgan fingerprint density at radius 2 is 1.57 bits per heavy atom. The molecule has 6 N–H and O–H groups in total. The van der Waals surface area contributed by atoms with Crippen LogP contribution in [0.25, 0.3) is 0 Å². The maximum atomic E-state index is 9.58. The molecule has 86 valence electrons. The summed E-state index contributed by atoms with van der Waals surface area (Å²) < 4.78 is 8.88. The van der Waals surface area contributed by atoms with E-state index in [4.69, 9.17) is 34.6 Å². The van der Waals surface area contributed by atoms with Gasteiger partial charge in [-0.2, -0.15) is 0 Å². The van der Waals surface area contributed by atoms with Gasteiger partial charge in [-0.05, 0) is 0 Å². The third-order valence-electron chi connectivity index (χ3n) is 0.747. The molecule has 0 aliphatic rings. The van der Waals surface area contributed by atoms with E-state index in [0.717, 1.165) is 0 Å². The van der Waals surface area contributed by atoms with Gasteiger partial charge in [0.25, 0.3) is 0 Å². The fraction of sp³-hybridized carbons (Fsp3) is 1.00. The van der Waals surface area contributed by atoms with Crippen LogP contribution in [0.5, 0.6) is 0 Å². The lowest BCUT2D eigenvalue weighted by Gasteiger charge is -2.05. The van der Waals surface area contributed by atoms with Gasteiger partial charge in [0.15, 0.2) is 6.10 Å². The Bertz CT molecular complexity index is 204. The van der Waals surface area contributed by atoms with Crippen LogP contribution in [0, 0.1) is 10.1 Å². The Labute approximate surface area is 77.4 Å². The van der Waals surface area contributed by atoms with Gasteiger partial charge in [0.1, 0.15) is 0 Å². The van der Waals surface area contributed by atoms with Crippen molar-refractivity contribution in [3.63, 3.8) is 0 Å². The van der Waals surface area contributed by atoms with Crippen LogP contribution in [0.15, 0.2) is 0 Å². The smallest absolute Gasteiger partial charge is 0.393 e. The summed E-state index contributed by atoms with van der Waals surface area (Å²) in [7, 11) is -4.64. The Morgan fingerprint density at radius 3 is 1.64 bits per heavy atom. The van der Waals surface area contributed by atoms with Gasteiger partial charge in [0.2, 0.25) is 0 Å². The van der Waals surface area contributed by atoms with Crippen LogP contribution in [0.4, 0.5) is 0 Å². The van der Waals surface area contributed by atoms with Gasteiger partial charge >= 0.3 is 14.1 Å². The van der Waals surface area contributed by atoms with E-state index in [-0.39, 0.29) is 0 Å². The number of phosphoric acid groups is 1. The molecule has 0 aliphatic carbocycles. The summed E-state index contributed by atoms with van der Waals surface area (Å²) in [4.78, 5) is 30.1. The number of hydrogen-bond acceptors (Lipinski definition) is 6. The molecule has 0 aromatic rings. The lowest BCUT2D eigenvalue weighted by Crippen LogP contribution is -2.35. The summed E-state index contributed by atoms with van der Waals surface area (Å²) in [5.74, 6) is 0. The average molecular weight is 235 g/mol. The lowest BCUT2D eigenvalue weighted by molar-refractivity contribution is -0.583. The maximum absolute atomic E-state index is 9.58. The maximum Gasteiger partial charge on any atom is 0.466 e. The molecule has 0 saturated carbocycles. The Balaban J connectivity index is 0. The van der Waals surface area contributed by atoms with Gasteiger partial charge in [-0.15, -0.1) is 0 Å². The SMILES string of the molecule is O=P(O)(O)O.O=[N+]([O-])C(O)C(O)CO. The monoisotopic (exact) mass is 235 g/mol. The molecular weight excluding hydrogens is 225 g/mol. The van der Waals surface area contributed by atoms with Crippen molar-refractivity contribution in [1.82, 2.24) is 0 Å². The van der Waals surface area contributed by atoms with Gasteiger partial charge in [-0.1, -0.05) is 0 Å². The zero-order valence-electron chi connectivity index (χ0n) is 6.66. The predicted octanol–water partition coefficient (Wildman–Crippen LogP) is -2.99. The molecule has 0 heterocycles. The molecule has 0 aromatic heterocycles. The highest BCUT2D eigenvalue weighted by Crippen LogP contribution is 2.25. The summed E-state index contributed by atoms with van der Waals surface area (Å²) in [6.45, 7) is -0.817. The summed E-state index contributed by atoms with van der Waals surface area (Å²) in [5.41, 5.74) is 0. The van der Waals surface area contributed by atoms with E-state index in [1.165, 1.54) is 0 Å². The first-order valence-corrected chi connectivity index (χ1v) is 4.55. The van der Waals surface area contributed by atoms with Crippen LogP contribution >= 0.6 is 7.82 Å². The molecule has 0 radical (unpaired) electrons. The van der Waals surface area contributed by atoms with Crippen LogP contribution in [0.1, 0.15) is 0 Å². The molecule has 2 unspecified atom stereocenters. The van der Waals surface area contributed by atoms with E-state index < -0.39 is 31.7 Å². The first kappa shape index (κ1) is 15.8. The normalized spacial score (nSPS) is 15.0. The first-order valence-electron chi connectivity index (χ1n) is 2.98. The number of hydrogen-bond donors (Lipinski definition) is 6. The van der Waals surface area contributed by atoms with Crippen LogP contribution in [-0.2, 0) is 4.57 Å². The van der Waals surface area contributed by atoms with Gasteiger partial charge < -0.3 is 30.0 Å². The Kier molecular flexibility index (Phi) is 7.68. The van der Waals surface area contributed by atoms with E-state index in [1.807, 2.05) is 0 Å². The topological polar surface area (TPSA) is 182 Å². The molecule has 0 amide bonds. The minimum atomic E-state index is -4.64. The average Bonchev–Trinajstić information content (AvgIpc) is 1.98. The van der Waals surface area contributed by atoms with Crippen LogP contribution in [0.2, 0.25) is 0 Å². The van der Waals surface area contributed by atoms with Crippen molar-refractivity contribution in [1.29, 1.82) is 0 Å². The van der Waals surface area contributed by atoms with Crippen molar-refractivity contribution in [3.8, 4) is 0 Å². The fourth-order valence-corrected chi connectivity index (χ4v) is 0.235. The summed E-state index contributed by atoms with van der Waals surface area (Å²) in [6.07, 6.45) is -3.78. The van der Waals surface area contributed by atoms with Crippen molar-refractivity contribution in [2.45, 2.75) is 12.3 Å². The van der Waals surface area contributed by atoms with Crippen molar-refractivity contribution < 1.29 is 39.5 Å². The largest absolute Gasteiger partial charge is 0.466 e. The second-order valence-electron chi connectivity index (χ2n) is 1.96. The molecule has 11 heteroatoms. The molecule has 0 spiro atoms. The number of nitro groups is 1. The fourth-order valence-electron chi connectivity index (χ4n) is 0.235. The Morgan fingerprint density at radius 1 is 1.29 bits per heavy atom. The highest BCUT2D eigenvalue weighted by Gasteiger charge is 2.25. The third kappa shape index (κ3) is 13.9. The van der Waals surface area contributed by atoms with Crippen LogP contribution in [-0.4, -0.2) is 53.9 Å². The number of aliphatic hydroxyl groups excluding tert-OH is 3. The molecule has 14 heavy (non-hydrogen) atoms. The predicted molar refractivity (Wildman–Crippen MR) is 40.4 cm³/mol. The summed E-state index contributed by atoms with van der Waals surface area (Å²) in [6, 6.07) is 0. The number of nitrogens with zero attached hydrogens (tertiary/aromatic N) is 1. The zero-order valence-corrected chi connectivity index (χ0v) is 7.56. The van der Waals surface area contributed by atoms with Crippen molar-refractivity contribution in [3.05, 3.63) is 10.1 Å². The number of aliphatic hydroxyl groups is 3.